The summed E-state index contributed by atoms with van der Waals surface area (Å²) in [5, 5.41) is 12.7. The smallest absolute Gasteiger partial charge is 0.272 e. The van der Waals surface area contributed by atoms with Gasteiger partial charge >= 0.3 is 0 Å². The largest absolute Gasteiger partial charge is 0.395 e. The molecule has 0 aliphatic carbocycles. The van der Waals surface area contributed by atoms with E-state index in [9.17, 15) is 9.59 Å². The normalized spacial score (nSPS) is 10.3. The van der Waals surface area contributed by atoms with Crippen molar-refractivity contribution in [2.45, 2.75) is 6.92 Å². The number of carbonyl (C=O) groups is 2. The second-order valence-electron chi connectivity index (χ2n) is 3.51. The number of amides is 2. The van der Waals surface area contributed by atoms with Crippen LogP contribution in [-0.2, 0) is 7.05 Å². The monoisotopic (exact) mass is 240 g/mol. The third-order valence-corrected chi connectivity index (χ3v) is 2.39. The molecule has 0 aliphatic rings. The van der Waals surface area contributed by atoms with E-state index in [0.29, 0.717) is 6.54 Å². The van der Waals surface area contributed by atoms with E-state index < -0.39 is 5.91 Å². The summed E-state index contributed by atoms with van der Waals surface area (Å²) in [5.41, 5.74) is 5.41. The zero-order chi connectivity index (χ0) is 13.0. The van der Waals surface area contributed by atoms with E-state index in [1.165, 1.54) is 15.6 Å². The van der Waals surface area contributed by atoms with Crippen LogP contribution in [0.3, 0.4) is 0 Å². The fourth-order valence-electron chi connectivity index (χ4n) is 1.47. The van der Waals surface area contributed by atoms with Crippen molar-refractivity contribution < 1.29 is 14.7 Å². The molecule has 1 aromatic rings. The molecular formula is C10H16N4O3. The second-order valence-corrected chi connectivity index (χ2v) is 3.51. The summed E-state index contributed by atoms with van der Waals surface area (Å²) in [5.74, 6) is -0.964. The molecular weight excluding hydrogens is 224 g/mol. The van der Waals surface area contributed by atoms with Crippen molar-refractivity contribution in [1.29, 1.82) is 0 Å². The highest BCUT2D eigenvalue weighted by atomic mass is 16.3. The number of aliphatic hydroxyl groups excluding tert-OH is 1. The highest BCUT2D eigenvalue weighted by Gasteiger charge is 2.20. The van der Waals surface area contributed by atoms with E-state index in [1.807, 2.05) is 0 Å². The van der Waals surface area contributed by atoms with E-state index in [0.717, 1.165) is 0 Å². The van der Waals surface area contributed by atoms with Gasteiger partial charge in [0.1, 0.15) is 5.69 Å². The van der Waals surface area contributed by atoms with E-state index in [4.69, 9.17) is 10.8 Å². The maximum atomic E-state index is 12.0. The molecule has 7 nitrogen and oxygen atoms in total. The fourth-order valence-corrected chi connectivity index (χ4v) is 1.47. The molecule has 1 rings (SSSR count). The molecule has 2 amide bonds. The van der Waals surface area contributed by atoms with Crippen molar-refractivity contribution in [1.82, 2.24) is 14.7 Å². The number of aryl methyl sites for hydroxylation is 1. The molecule has 0 unspecified atom stereocenters. The van der Waals surface area contributed by atoms with Crippen molar-refractivity contribution in [2.75, 3.05) is 19.7 Å². The number of primary amides is 1. The third kappa shape index (κ3) is 2.82. The van der Waals surface area contributed by atoms with Crippen LogP contribution < -0.4 is 5.73 Å². The number of rotatable bonds is 5. The minimum atomic E-state index is -0.676. The van der Waals surface area contributed by atoms with Crippen molar-refractivity contribution in [3.05, 3.63) is 17.5 Å². The van der Waals surface area contributed by atoms with Crippen molar-refractivity contribution in [2.24, 2.45) is 12.8 Å². The zero-order valence-corrected chi connectivity index (χ0v) is 9.88. The molecule has 0 spiro atoms. The van der Waals surface area contributed by atoms with Crippen molar-refractivity contribution in [3.63, 3.8) is 0 Å². The van der Waals surface area contributed by atoms with Crippen LogP contribution in [0.25, 0.3) is 0 Å². The van der Waals surface area contributed by atoms with Gasteiger partial charge < -0.3 is 15.7 Å². The molecule has 7 heteroatoms. The molecule has 1 aromatic heterocycles. The Bertz CT molecular complexity index is 427. The molecule has 0 saturated heterocycles. The van der Waals surface area contributed by atoms with Crippen LogP contribution >= 0.6 is 0 Å². The summed E-state index contributed by atoms with van der Waals surface area (Å²) in [7, 11) is 1.56. The Labute approximate surface area is 98.8 Å². The summed E-state index contributed by atoms with van der Waals surface area (Å²) in [6, 6.07) is 1.35. The summed E-state index contributed by atoms with van der Waals surface area (Å²) in [4.78, 5) is 24.4. The Morgan fingerprint density at radius 2 is 2.24 bits per heavy atom. The summed E-state index contributed by atoms with van der Waals surface area (Å²) >= 11 is 0. The van der Waals surface area contributed by atoms with E-state index in [-0.39, 0.29) is 30.4 Å². The van der Waals surface area contributed by atoms with Crippen LogP contribution in [0.2, 0.25) is 0 Å². The minimum absolute atomic E-state index is 0.0518. The number of carbonyl (C=O) groups excluding carboxylic acids is 2. The Balaban J connectivity index is 2.98. The lowest BCUT2D eigenvalue weighted by molar-refractivity contribution is 0.0721. The second kappa shape index (κ2) is 5.44. The summed E-state index contributed by atoms with van der Waals surface area (Å²) < 4.78 is 1.31. The van der Waals surface area contributed by atoms with Gasteiger partial charge in [-0.1, -0.05) is 0 Å². The molecule has 0 aliphatic heterocycles. The lowest BCUT2D eigenvalue weighted by atomic mass is 10.3. The third-order valence-electron chi connectivity index (χ3n) is 2.39. The highest BCUT2D eigenvalue weighted by Crippen LogP contribution is 2.06. The number of nitrogens with two attached hydrogens (primary N) is 1. The maximum Gasteiger partial charge on any atom is 0.272 e. The predicted octanol–water partition coefficient (Wildman–Crippen LogP) is -1.03. The summed E-state index contributed by atoms with van der Waals surface area (Å²) in [6.45, 7) is 2.40. The van der Waals surface area contributed by atoms with Gasteiger partial charge in [0.2, 0.25) is 0 Å². The van der Waals surface area contributed by atoms with Crippen LogP contribution in [0, 0.1) is 0 Å². The number of likely N-dealkylation sites (N-methyl/N-ethyl adjacent to an activating group) is 1. The molecule has 0 atom stereocenters. The van der Waals surface area contributed by atoms with Gasteiger partial charge in [-0.05, 0) is 6.92 Å². The Hall–Kier alpha value is -1.89. The lowest BCUT2D eigenvalue weighted by Gasteiger charge is -2.19. The van der Waals surface area contributed by atoms with Gasteiger partial charge in [0.15, 0.2) is 5.69 Å². The van der Waals surface area contributed by atoms with Crippen LogP contribution in [0.4, 0.5) is 0 Å². The molecule has 0 saturated carbocycles. The first-order valence-electron chi connectivity index (χ1n) is 5.25. The molecule has 0 bridgehead atoms. The standard InChI is InChI=1S/C10H16N4O3/c1-3-14(4-5-15)10(17)8-6-7(9(11)16)12-13(8)2/h6,15H,3-5H2,1-2H3,(H2,11,16). The van der Waals surface area contributed by atoms with Crippen molar-refractivity contribution in [3.8, 4) is 0 Å². The molecule has 0 aromatic carbocycles. The minimum Gasteiger partial charge on any atom is -0.395 e. The van der Waals surface area contributed by atoms with Crippen LogP contribution in [0.15, 0.2) is 6.07 Å². The Morgan fingerprint density at radius 1 is 1.59 bits per heavy atom. The highest BCUT2D eigenvalue weighted by molar-refractivity contribution is 5.97. The maximum absolute atomic E-state index is 12.0. The Morgan fingerprint density at radius 3 is 2.65 bits per heavy atom. The molecule has 0 fully saturated rings. The van der Waals surface area contributed by atoms with Gasteiger partial charge in [-0.2, -0.15) is 5.10 Å². The zero-order valence-electron chi connectivity index (χ0n) is 9.88. The number of nitrogens with zero attached hydrogens (tertiary/aromatic N) is 3. The van der Waals surface area contributed by atoms with E-state index in [2.05, 4.69) is 5.10 Å². The topological polar surface area (TPSA) is 101 Å². The molecule has 17 heavy (non-hydrogen) atoms. The number of aliphatic hydroxyl groups is 1. The average molecular weight is 240 g/mol. The summed E-state index contributed by atoms with van der Waals surface area (Å²) in [6.07, 6.45) is 0. The first-order chi connectivity index (χ1) is 8.01. The fraction of sp³-hybridized carbons (Fsp3) is 0.500. The first-order valence-corrected chi connectivity index (χ1v) is 5.25. The van der Waals surface area contributed by atoms with Gasteiger partial charge in [-0.25, -0.2) is 0 Å². The average Bonchev–Trinajstić information content (AvgIpc) is 2.67. The molecule has 94 valence electrons. The van der Waals surface area contributed by atoms with Gasteiger partial charge in [0, 0.05) is 26.2 Å². The van der Waals surface area contributed by atoms with Crippen molar-refractivity contribution >= 4 is 11.8 Å². The molecule has 0 radical (unpaired) electrons. The molecule has 1 heterocycles. The Kier molecular flexibility index (Phi) is 4.22. The van der Waals surface area contributed by atoms with Gasteiger partial charge in [0.25, 0.3) is 11.8 Å². The first kappa shape index (κ1) is 13.2. The van der Waals surface area contributed by atoms with E-state index >= 15 is 0 Å². The van der Waals surface area contributed by atoms with Crippen LogP contribution in [0.5, 0.6) is 0 Å². The van der Waals surface area contributed by atoms with Gasteiger partial charge in [0.05, 0.1) is 6.61 Å². The lowest BCUT2D eigenvalue weighted by Crippen LogP contribution is -2.34. The number of hydrogen-bond donors (Lipinski definition) is 2. The van der Waals surface area contributed by atoms with Crippen LogP contribution in [0.1, 0.15) is 27.9 Å². The van der Waals surface area contributed by atoms with Crippen LogP contribution in [-0.4, -0.2) is 51.3 Å². The van der Waals surface area contributed by atoms with E-state index in [1.54, 1.807) is 14.0 Å². The van der Waals surface area contributed by atoms with Gasteiger partial charge in [-0.3, -0.25) is 14.3 Å². The predicted molar refractivity (Wildman–Crippen MR) is 60.4 cm³/mol. The quantitative estimate of drug-likeness (QED) is 0.687. The molecule has 3 N–H and O–H groups in total. The number of aromatic nitrogens is 2. The SMILES string of the molecule is CCN(CCO)C(=O)c1cc(C(N)=O)nn1C. The van der Waals surface area contributed by atoms with Gasteiger partial charge in [-0.15, -0.1) is 0 Å². The number of hydrogen-bond acceptors (Lipinski definition) is 4.